The lowest BCUT2D eigenvalue weighted by atomic mass is 10.1. The smallest absolute Gasteiger partial charge is 0.249 e. The van der Waals surface area contributed by atoms with Gasteiger partial charge in [-0.1, -0.05) is 60.3 Å². The number of fused-ring (bicyclic) bond motifs is 1. The molecule has 3 aromatic rings. The van der Waals surface area contributed by atoms with E-state index in [2.05, 4.69) is 10.3 Å². The molecule has 4 rings (SSSR count). The van der Waals surface area contributed by atoms with Gasteiger partial charge in [0.15, 0.2) is 0 Å². The zero-order chi connectivity index (χ0) is 18.8. The van der Waals surface area contributed by atoms with Gasteiger partial charge in [0, 0.05) is 11.4 Å². The van der Waals surface area contributed by atoms with E-state index in [4.69, 9.17) is 5.73 Å². The van der Waals surface area contributed by atoms with Crippen LogP contribution in [0, 0.1) is 0 Å². The Morgan fingerprint density at radius 2 is 1.78 bits per heavy atom. The van der Waals surface area contributed by atoms with E-state index in [0.29, 0.717) is 21.5 Å². The van der Waals surface area contributed by atoms with E-state index in [0.717, 1.165) is 18.4 Å². The molecular formula is C21H19N3O2S. The standard InChI is InChI=1S/C21H19N3O2S/c22-20(25)16-12-18(24-17-9-5-4-8-15(16)17)27-19(13-6-2-1-3-7-13)21(26)23-14-10-11-14/h1-9,12,14,19H,10-11H2,(H2,22,25)(H,23,26)/t19-/m1/s1. The summed E-state index contributed by atoms with van der Waals surface area (Å²) < 4.78 is 0. The summed E-state index contributed by atoms with van der Waals surface area (Å²) in [6.07, 6.45) is 2.05. The topological polar surface area (TPSA) is 85.1 Å². The quantitative estimate of drug-likeness (QED) is 0.645. The highest BCUT2D eigenvalue weighted by Gasteiger charge is 2.29. The summed E-state index contributed by atoms with van der Waals surface area (Å²) in [6.45, 7) is 0. The molecule has 1 saturated carbocycles. The van der Waals surface area contributed by atoms with E-state index in [9.17, 15) is 9.59 Å². The van der Waals surface area contributed by atoms with Crippen LogP contribution in [0.2, 0.25) is 0 Å². The first-order valence-corrected chi connectivity index (χ1v) is 9.71. The molecule has 1 heterocycles. The zero-order valence-electron chi connectivity index (χ0n) is 14.6. The van der Waals surface area contributed by atoms with Crippen LogP contribution >= 0.6 is 11.8 Å². The van der Waals surface area contributed by atoms with Gasteiger partial charge in [0.05, 0.1) is 16.1 Å². The first kappa shape index (κ1) is 17.5. The van der Waals surface area contributed by atoms with E-state index >= 15 is 0 Å². The number of hydrogen-bond acceptors (Lipinski definition) is 4. The van der Waals surface area contributed by atoms with Gasteiger partial charge >= 0.3 is 0 Å². The second kappa shape index (κ2) is 7.40. The molecule has 5 nitrogen and oxygen atoms in total. The predicted octanol–water partition coefficient (Wildman–Crippen LogP) is 3.45. The van der Waals surface area contributed by atoms with Crippen molar-refractivity contribution in [3.05, 3.63) is 71.8 Å². The molecule has 2 amide bonds. The number of benzene rings is 2. The molecule has 3 N–H and O–H groups in total. The molecule has 136 valence electrons. The largest absolute Gasteiger partial charge is 0.366 e. The minimum atomic E-state index is -0.505. The maximum atomic E-state index is 12.8. The third kappa shape index (κ3) is 3.95. The van der Waals surface area contributed by atoms with Crippen molar-refractivity contribution in [1.29, 1.82) is 0 Å². The van der Waals surface area contributed by atoms with Crippen LogP contribution in [-0.2, 0) is 4.79 Å². The summed E-state index contributed by atoms with van der Waals surface area (Å²) >= 11 is 1.34. The highest BCUT2D eigenvalue weighted by Crippen LogP contribution is 2.37. The average Bonchev–Trinajstić information content (AvgIpc) is 3.50. The summed E-state index contributed by atoms with van der Waals surface area (Å²) in [4.78, 5) is 29.4. The Hall–Kier alpha value is -2.86. The SMILES string of the molecule is NC(=O)c1cc(S[C@@H](C(=O)NC2CC2)c2ccccc2)nc2ccccc12. The number of primary amides is 1. The number of amides is 2. The number of hydrogen-bond donors (Lipinski definition) is 2. The molecule has 0 saturated heterocycles. The molecular weight excluding hydrogens is 358 g/mol. The second-order valence-corrected chi connectivity index (χ2v) is 7.71. The van der Waals surface area contributed by atoms with Gasteiger partial charge in [-0.3, -0.25) is 9.59 Å². The number of carbonyl (C=O) groups is 2. The lowest BCUT2D eigenvalue weighted by Crippen LogP contribution is -2.29. The summed E-state index contributed by atoms with van der Waals surface area (Å²) in [7, 11) is 0. The van der Waals surface area contributed by atoms with Crippen molar-refractivity contribution < 1.29 is 9.59 Å². The molecule has 0 radical (unpaired) electrons. The maximum Gasteiger partial charge on any atom is 0.249 e. The van der Waals surface area contributed by atoms with Crippen LogP contribution in [0.15, 0.2) is 65.7 Å². The molecule has 2 aromatic carbocycles. The van der Waals surface area contributed by atoms with Gasteiger partial charge < -0.3 is 11.1 Å². The Labute approximate surface area is 161 Å². The van der Waals surface area contributed by atoms with Gasteiger partial charge in [-0.2, -0.15) is 0 Å². The van der Waals surface area contributed by atoms with Crippen LogP contribution in [0.25, 0.3) is 10.9 Å². The van der Waals surface area contributed by atoms with Crippen molar-refractivity contribution in [1.82, 2.24) is 10.3 Å². The number of nitrogens with two attached hydrogens (primary N) is 1. The number of nitrogens with zero attached hydrogens (tertiary/aromatic N) is 1. The Bertz CT molecular complexity index is 1000. The number of nitrogens with one attached hydrogen (secondary N) is 1. The fraction of sp³-hybridized carbons (Fsp3) is 0.190. The highest BCUT2D eigenvalue weighted by molar-refractivity contribution is 8.00. The van der Waals surface area contributed by atoms with Crippen molar-refractivity contribution in [2.24, 2.45) is 5.73 Å². The number of aromatic nitrogens is 1. The Kier molecular flexibility index (Phi) is 4.81. The first-order chi connectivity index (χ1) is 13.1. The third-order valence-corrected chi connectivity index (χ3v) is 5.63. The number of para-hydroxylation sites is 1. The number of thioether (sulfide) groups is 1. The summed E-state index contributed by atoms with van der Waals surface area (Å²) in [6, 6.07) is 18.9. The molecule has 1 atom stereocenters. The minimum absolute atomic E-state index is 0.0377. The fourth-order valence-corrected chi connectivity index (χ4v) is 3.99. The number of rotatable bonds is 6. The third-order valence-electron chi connectivity index (χ3n) is 4.46. The van der Waals surface area contributed by atoms with Crippen LogP contribution in [0.5, 0.6) is 0 Å². The molecule has 0 spiro atoms. The molecule has 1 aromatic heterocycles. The van der Waals surface area contributed by atoms with Crippen LogP contribution < -0.4 is 11.1 Å². The van der Waals surface area contributed by atoms with Gasteiger partial charge in [-0.05, 0) is 30.5 Å². The fourth-order valence-electron chi connectivity index (χ4n) is 2.94. The van der Waals surface area contributed by atoms with Crippen molar-refractivity contribution in [2.75, 3.05) is 0 Å². The highest BCUT2D eigenvalue weighted by atomic mass is 32.2. The van der Waals surface area contributed by atoms with E-state index in [1.165, 1.54) is 11.8 Å². The molecule has 1 aliphatic rings. The Morgan fingerprint density at radius 3 is 2.48 bits per heavy atom. The van der Waals surface area contributed by atoms with Crippen molar-refractivity contribution in [3.63, 3.8) is 0 Å². The molecule has 1 fully saturated rings. The second-order valence-electron chi connectivity index (χ2n) is 6.58. The summed E-state index contributed by atoms with van der Waals surface area (Å²) in [5, 5.41) is 3.94. The van der Waals surface area contributed by atoms with Gasteiger partial charge in [0.2, 0.25) is 11.8 Å². The van der Waals surface area contributed by atoms with Crippen LogP contribution in [0.3, 0.4) is 0 Å². The van der Waals surface area contributed by atoms with Crippen molar-refractivity contribution >= 4 is 34.5 Å². The zero-order valence-corrected chi connectivity index (χ0v) is 15.4. The molecule has 6 heteroatoms. The van der Waals surface area contributed by atoms with Gasteiger partial charge in [-0.15, -0.1) is 0 Å². The van der Waals surface area contributed by atoms with E-state index in [1.807, 2.05) is 54.6 Å². The van der Waals surface area contributed by atoms with Crippen LogP contribution in [-0.4, -0.2) is 22.8 Å². The van der Waals surface area contributed by atoms with Crippen molar-refractivity contribution in [2.45, 2.75) is 29.2 Å². The van der Waals surface area contributed by atoms with Gasteiger partial charge in [0.1, 0.15) is 5.25 Å². The molecule has 0 bridgehead atoms. The van der Waals surface area contributed by atoms with Gasteiger partial charge in [-0.25, -0.2) is 4.98 Å². The molecule has 0 unspecified atom stereocenters. The lowest BCUT2D eigenvalue weighted by molar-refractivity contribution is -0.120. The molecule has 1 aliphatic carbocycles. The van der Waals surface area contributed by atoms with E-state index in [1.54, 1.807) is 6.07 Å². The maximum absolute atomic E-state index is 12.8. The van der Waals surface area contributed by atoms with Crippen molar-refractivity contribution in [3.8, 4) is 0 Å². The summed E-state index contributed by atoms with van der Waals surface area (Å²) in [5.41, 5.74) is 7.57. The predicted molar refractivity (Wildman–Crippen MR) is 106 cm³/mol. The minimum Gasteiger partial charge on any atom is -0.366 e. The average molecular weight is 377 g/mol. The monoisotopic (exact) mass is 377 g/mol. The molecule has 27 heavy (non-hydrogen) atoms. The van der Waals surface area contributed by atoms with E-state index in [-0.39, 0.29) is 11.9 Å². The Morgan fingerprint density at radius 1 is 1.07 bits per heavy atom. The van der Waals surface area contributed by atoms with E-state index < -0.39 is 11.2 Å². The van der Waals surface area contributed by atoms with Crippen LogP contribution in [0.1, 0.15) is 34.0 Å². The summed E-state index contributed by atoms with van der Waals surface area (Å²) in [5.74, 6) is -0.543. The molecule has 0 aliphatic heterocycles. The number of carbonyl (C=O) groups excluding carboxylic acids is 2. The van der Waals surface area contributed by atoms with Crippen LogP contribution in [0.4, 0.5) is 0 Å². The number of pyridine rings is 1. The normalized spacial score (nSPS) is 14.7. The Balaban J connectivity index is 1.72. The van der Waals surface area contributed by atoms with Gasteiger partial charge in [0.25, 0.3) is 0 Å². The lowest BCUT2D eigenvalue weighted by Gasteiger charge is -2.17. The first-order valence-electron chi connectivity index (χ1n) is 8.83.